The van der Waals surface area contributed by atoms with Crippen LogP contribution in [0, 0.1) is 5.82 Å². The largest absolute Gasteiger partial charge is 0.336 e. The monoisotopic (exact) mass is 379 g/mol. The molecule has 1 aromatic carbocycles. The van der Waals surface area contributed by atoms with Crippen molar-refractivity contribution in [2.45, 2.75) is 52.1 Å². The molecule has 1 heterocycles. The Balaban J connectivity index is 1.74. The van der Waals surface area contributed by atoms with E-state index in [1.165, 1.54) is 12.1 Å². The molecule has 1 aliphatic heterocycles. The number of nitrogens with one attached hydrogen (secondary N) is 3. The maximum Gasteiger partial charge on any atom is 0.315 e. The molecule has 0 saturated carbocycles. The molecule has 27 heavy (non-hydrogen) atoms. The van der Waals surface area contributed by atoms with Crippen LogP contribution in [0.25, 0.3) is 0 Å². The summed E-state index contributed by atoms with van der Waals surface area (Å²) in [5, 5.41) is 5.84. The maximum absolute atomic E-state index is 13.0. The van der Waals surface area contributed by atoms with Crippen molar-refractivity contribution in [3.05, 3.63) is 30.1 Å². The standard InChI is InChI=1S/C20H31FN4O2/c1-4-24(5-2)12-6-7-15(3)22-20(27)23-17-13-19(26)25(14-17)18-10-8-16(21)9-11-18/h8-11,15,17H,4-7,12-14H2,1-3H3,(H2,22,23,27)/p+1/t15-,17-/m0/s1. The molecule has 1 fully saturated rings. The van der Waals surface area contributed by atoms with E-state index in [0.717, 1.165) is 32.5 Å². The van der Waals surface area contributed by atoms with Crippen molar-refractivity contribution in [2.24, 2.45) is 0 Å². The fourth-order valence-corrected chi connectivity index (χ4v) is 3.46. The number of rotatable bonds is 9. The van der Waals surface area contributed by atoms with Gasteiger partial charge in [0, 0.05) is 24.7 Å². The van der Waals surface area contributed by atoms with Crippen LogP contribution in [-0.2, 0) is 4.79 Å². The van der Waals surface area contributed by atoms with E-state index in [1.54, 1.807) is 21.9 Å². The second kappa shape index (κ2) is 10.3. The molecule has 1 aliphatic rings. The van der Waals surface area contributed by atoms with Gasteiger partial charge in [-0.25, -0.2) is 9.18 Å². The zero-order valence-corrected chi connectivity index (χ0v) is 16.6. The molecule has 0 bridgehead atoms. The molecular weight excluding hydrogens is 347 g/mol. The molecule has 1 aromatic rings. The first-order valence-corrected chi connectivity index (χ1v) is 9.89. The highest BCUT2D eigenvalue weighted by Gasteiger charge is 2.31. The second-order valence-corrected chi connectivity index (χ2v) is 7.25. The van der Waals surface area contributed by atoms with Gasteiger partial charge in [-0.3, -0.25) is 4.79 Å². The lowest BCUT2D eigenvalue weighted by Crippen LogP contribution is -3.11. The molecule has 150 valence electrons. The van der Waals surface area contributed by atoms with Crippen LogP contribution in [0.5, 0.6) is 0 Å². The maximum atomic E-state index is 13.0. The van der Waals surface area contributed by atoms with Crippen molar-refractivity contribution in [2.75, 3.05) is 31.1 Å². The Kier molecular flexibility index (Phi) is 8.03. The molecule has 2 rings (SSSR count). The molecule has 0 aliphatic carbocycles. The van der Waals surface area contributed by atoms with Crippen LogP contribution >= 0.6 is 0 Å². The normalized spacial score (nSPS) is 18.0. The molecule has 0 spiro atoms. The average molecular weight is 380 g/mol. The minimum absolute atomic E-state index is 0.0674. The number of benzene rings is 1. The van der Waals surface area contributed by atoms with Crippen LogP contribution in [0.4, 0.5) is 14.9 Å². The summed E-state index contributed by atoms with van der Waals surface area (Å²) in [5.74, 6) is -0.404. The average Bonchev–Trinajstić information content (AvgIpc) is 2.99. The van der Waals surface area contributed by atoms with Gasteiger partial charge in [-0.15, -0.1) is 0 Å². The number of hydrogen-bond acceptors (Lipinski definition) is 2. The third-order valence-corrected chi connectivity index (χ3v) is 5.14. The number of amides is 3. The third-order valence-electron chi connectivity index (χ3n) is 5.14. The van der Waals surface area contributed by atoms with E-state index in [4.69, 9.17) is 0 Å². The first kappa shape index (κ1) is 21.2. The van der Waals surface area contributed by atoms with Gasteiger partial charge in [-0.2, -0.15) is 0 Å². The van der Waals surface area contributed by atoms with E-state index < -0.39 is 0 Å². The Bertz CT molecular complexity index is 619. The third kappa shape index (κ3) is 6.50. The molecule has 0 radical (unpaired) electrons. The highest BCUT2D eigenvalue weighted by atomic mass is 19.1. The van der Waals surface area contributed by atoms with E-state index in [-0.39, 0.29) is 36.3 Å². The molecule has 1 saturated heterocycles. The molecule has 0 unspecified atom stereocenters. The number of carbonyl (C=O) groups is 2. The Morgan fingerprint density at radius 1 is 1.30 bits per heavy atom. The van der Waals surface area contributed by atoms with Crippen LogP contribution in [0.3, 0.4) is 0 Å². The van der Waals surface area contributed by atoms with Crippen molar-refractivity contribution < 1.29 is 18.9 Å². The van der Waals surface area contributed by atoms with Gasteiger partial charge in [0.05, 0.1) is 25.7 Å². The van der Waals surface area contributed by atoms with Gasteiger partial charge in [0.15, 0.2) is 0 Å². The van der Waals surface area contributed by atoms with Crippen LogP contribution in [0.15, 0.2) is 24.3 Å². The summed E-state index contributed by atoms with van der Waals surface area (Å²) < 4.78 is 13.0. The molecule has 2 atom stereocenters. The Hall–Kier alpha value is -2.15. The minimum Gasteiger partial charge on any atom is -0.336 e. The highest BCUT2D eigenvalue weighted by Crippen LogP contribution is 2.21. The van der Waals surface area contributed by atoms with Gasteiger partial charge in [-0.05, 0) is 57.9 Å². The molecular formula is C20H32FN4O2+. The van der Waals surface area contributed by atoms with Crippen molar-refractivity contribution >= 4 is 17.6 Å². The van der Waals surface area contributed by atoms with Crippen LogP contribution in [0.1, 0.15) is 40.0 Å². The Morgan fingerprint density at radius 3 is 2.59 bits per heavy atom. The Morgan fingerprint density at radius 2 is 1.96 bits per heavy atom. The van der Waals surface area contributed by atoms with E-state index in [0.29, 0.717) is 12.2 Å². The number of halogens is 1. The topological polar surface area (TPSA) is 65.9 Å². The van der Waals surface area contributed by atoms with E-state index in [1.807, 2.05) is 6.92 Å². The van der Waals surface area contributed by atoms with Gasteiger partial charge in [0.25, 0.3) is 0 Å². The fraction of sp³-hybridized carbons (Fsp3) is 0.600. The van der Waals surface area contributed by atoms with Crippen molar-refractivity contribution in [3.63, 3.8) is 0 Å². The lowest BCUT2D eigenvalue weighted by molar-refractivity contribution is -0.896. The Labute approximate surface area is 161 Å². The molecule has 7 heteroatoms. The number of carbonyl (C=O) groups excluding carboxylic acids is 2. The quantitative estimate of drug-likeness (QED) is 0.606. The van der Waals surface area contributed by atoms with Gasteiger partial charge < -0.3 is 20.4 Å². The molecule has 6 nitrogen and oxygen atoms in total. The smallest absolute Gasteiger partial charge is 0.315 e. The van der Waals surface area contributed by atoms with Crippen LogP contribution in [-0.4, -0.2) is 50.2 Å². The SMILES string of the molecule is CC[NH+](CC)CCC[C@H](C)NC(=O)N[C@H]1CC(=O)N(c2ccc(F)cc2)C1. The van der Waals surface area contributed by atoms with Crippen molar-refractivity contribution in [1.29, 1.82) is 0 Å². The van der Waals surface area contributed by atoms with Gasteiger partial charge in [-0.1, -0.05) is 0 Å². The number of anilines is 1. The van der Waals surface area contributed by atoms with Gasteiger partial charge >= 0.3 is 6.03 Å². The predicted octanol–water partition coefficient (Wildman–Crippen LogP) is 1.32. The van der Waals surface area contributed by atoms with E-state index in [2.05, 4.69) is 24.5 Å². The first-order chi connectivity index (χ1) is 12.9. The predicted molar refractivity (Wildman–Crippen MR) is 104 cm³/mol. The van der Waals surface area contributed by atoms with Crippen molar-refractivity contribution in [3.8, 4) is 0 Å². The van der Waals surface area contributed by atoms with Gasteiger partial charge in [0.2, 0.25) is 5.91 Å². The van der Waals surface area contributed by atoms with Gasteiger partial charge in [0.1, 0.15) is 5.82 Å². The highest BCUT2D eigenvalue weighted by molar-refractivity contribution is 5.96. The minimum atomic E-state index is -0.337. The number of quaternary nitrogens is 1. The lowest BCUT2D eigenvalue weighted by atomic mass is 10.2. The van der Waals surface area contributed by atoms with Crippen molar-refractivity contribution in [1.82, 2.24) is 10.6 Å². The number of hydrogen-bond donors (Lipinski definition) is 3. The number of urea groups is 1. The fourth-order valence-electron chi connectivity index (χ4n) is 3.46. The summed E-state index contributed by atoms with van der Waals surface area (Å²) in [7, 11) is 0. The second-order valence-electron chi connectivity index (χ2n) is 7.25. The zero-order valence-electron chi connectivity index (χ0n) is 16.6. The summed E-state index contributed by atoms with van der Waals surface area (Å²) in [6.45, 7) is 10.1. The molecule has 0 aromatic heterocycles. The summed E-state index contributed by atoms with van der Waals surface area (Å²) >= 11 is 0. The van der Waals surface area contributed by atoms with Crippen LogP contribution < -0.4 is 20.4 Å². The summed E-state index contributed by atoms with van der Waals surface area (Å²) in [6, 6.07) is 5.43. The summed E-state index contributed by atoms with van der Waals surface area (Å²) in [5.41, 5.74) is 0.651. The summed E-state index contributed by atoms with van der Waals surface area (Å²) in [6.07, 6.45) is 2.26. The summed E-state index contributed by atoms with van der Waals surface area (Å²) in [4.78, 5) is 27.6. The zero-order chi connectivity index (χ0) is 19.8. The van der Waals surface area contributed by atoms with Crippen LogP contribution in [0.2, 0.25) is 0 Å². The van der Waals surface area contributed by atoms with E-state index in [9.17, 15) is 14.0 Å². The first-order valence-electron chi connectivity index (χ1n) is 9.89. The lowest BCUT2D eigenvalue weighted by Gasteiger charge is -2.20. The molecule has 3 N–H and O–H groups in total. The number of nitrogens with zero attached hydrogens (tertiary/aromatic N) is 1. The van der Waals surface area contributed by atoms with E-state index >= 15 is 0 Å². The molecule has 3 amide bonds.